The summed E-state index contributed by atoms with van der Waals surface area (Å²) >= 11 is 5.78. The molecule has 1 aliphatic heterocycles. The highest BCUT2D eigenvalue weighted by Crippen LogP contribution is 2.35. The van der Waals surface area contributed by atoms with Crippen LogP contribution in [-0.2, 0) is 19.1 Å². The molecule has 0 spiro atoms. The van der Waals surface area contributed by atoms with Gasteiger partial charge in [0.2, 0.25) is 5.91 Å². The second kappa shape index (κ2) is 9.43. The number of amides is 2. The predicted octanol–water partition coefficient (Wildman–Crippen LogP) is 2.79. The van der Waals surface area contributed by atoms with E-state index in [0.717, 1.165) is 0 Å². The maximum atomic E-state index is 12.4. The summed E-state index contributed by atoms with van der Waals surface area (Å²) in [6, 6.07) is 10.3. The summed E-state index contributed by atoms with van der Waals surface area (Å²) in [6.07, 6.45) is -0.113. The predicted molar refractivity (Wildman–Crippen MR) is 111 cm³/mol. The smallest absolute Gasteiger partial charge is 0.311 e. The lowest BCUT2D eigenvalue weighted by atomic mass is 10.1. The Morgan fingerprint density at radius 3 is 2.61 bits per heavy atom. The molecule has 1 saturated heterocycles. The molecule has 3 rings (SSSR count). The van der Waals surface area contributed by atoms with Crippen molar-refractivity contribution in [2.75, 3.05) is 30.5 Å². The standard InChI is InChI=1S/C20H18ClN3O7/c1-30-17-9-15(24(28)29)6-7-16(17)23-10-12(8-19(23)26)20(27)31-11-18(25)22-14-4-2-13(21)3-5-14/h2-7,9,12H,8,10-11H2,1H3,(H,22,25)/t12-/m0/s1. The van der Waals surface area contributed by atoms with E-state index in [1.165, 1.54) is 30.2 Å². The van der Waals surface area contributed by atoms with Crippen molar-refractivity contribution < 1.29 is 28.8 Å². The number of non-ortho nitro benzene ring substituents is 1. The molecule has 2 aromatic carbocycles. The lowest BCUT2D eigenvalue weighted by Crippen LogP contribution is -2.28. The first-order valence-corrected chi connectivity index (χ1v) is 9.51. The zero-order chi connectivity index (χ0) is 22.5. The molecule has 2 amide bonds. The van der Waals surface area contributed by atoms with E-state index in [-0.39, 0.29) is 30.3 Å². The number of carbonyl (C=O) groups excluding carboxylic acids is 3. The van der Waals surface area contributed by atoms with Crippen molar-refractivity contribution in [3.63, 3.8) is 0 Å². The van der Waals surface area contributed by atoms with E-state index in [2.05, 4.69) is 5.32 Å². The number of carbonyl (C=O) groups is 3. The van der Waals surface area contributed by atoms with Crippen molar-refractivity contribution in [2.24, 2.45) is 5.92 Å². The van der Waals surface area contributed by atoms with Gasteiger partial charge in [-0.2, -0.15) is 0 Å². The Morgan fingerprint density at radius 1 is 1.26 bits per heavy atom. The maximum absolute atomic E-state index is 12.4. The number of rotatable bonds is 7. The van der Waals surface area contributed by atoms with E-state index < -0.39 is 29.3 Å². The van der Waals surface area contributed by atoms with Gasteiger partial charge in [0.15, 0.2) is 6.61 Å². The van der Waals surface area contributed by atoms with Crippen LogP contribution in [0.4, 0.5) is 17.1 Å². The summed E-state index contributed by atoms with van der Waals surface area (Å²) < 4.78 is 10.2. The van der Waals surface area contributed by atoms with Gasteiger partial charge in [-0.25, -0.2) is 0 Å². The molecule has 1 aliphatic rings. The minimum Gasteiger partial charge on any atom is -0.494 e. The van der Waals surface area contributed by atoms with E-state index in [1.54, 1.807) is 24.3 Å². The Balaban J connectivity index is 1.59. The van der Waals surface area contributed by atoms with Crippen LogP contribution in [0, 0.1) is 16.0 Å². The third-order valence-electron chi connectivity index (χ3n) is 4.60. The molecular weight excluding hydrogens is 430 g/mol. The Labute approximate surface area is 181 Å². The van der Waals surface area contributed by atoms with Crippen molar-refractivity contribution in [1.82, 2.24) is 0 Å². The Morgan fingerprint density at radius 2 is 1.97 bits per heavy atom. The molecule has 0 radical (unpaired) electrons. The summed E-state index contributed by atoms with van der Waals surface area (Å²) in [6.45, 7) is -0.502. The van der Waals surface area contributed by atoms with Crippen molar-refractivity contribution in [3.8, 4) is 5.75 Å². The average molecular weight is 448 g/mol. The van der Waals surface area contributed by atoms with E-state index in [9.17, 15) is 24.5 Å². The topological polar surface area (TPSA) is 128 Å². The zero-order valence-corrected chi connectivity index (χ0v) is 17.1. The molecule has 1 heterocycles. The highest BCUT2D eigenvalue weighted by Gasteiger charge is 2.37. The van der Waals surface area contributed by atoms with Gasteiger partial charge in [-0.15, -0.1) is 0 Å². The van der Waals surface area contributed by atoms with Gasteiger partial charge in [0.05, 0.1) is 29.7 Å². The summed E-state index contributed by atoms with van der Waals surface area (Å²) in [5.74, 6) is -2.23. The second-order valence-corrected chi connectivity index (χ2v) is 7.12. The number of halogens is 1. The van der Waals surface area contributed by atoms with Gasteiger partial charge in [0.25, 0.3) is 11.6 Å². The van der Waals surface area contributed by atoms with Crippen LogP contribution in [-0.4, -0.2) is 43.0 Å². The molecule has 10 nitrogen and oxygen atoms in total. The summed E-state index contributed by atoms with van der Waals surface area (Å²) in [7, 11) is 1.33. The van der Waals surface area contributed by atoms with Gasteiger partial charge in [-0.1, -0.05) is 11.6 Å². The quantitative estimate of drug-likeness (QED) is 0.392. The molecule has 1 fully saturated rings. The number of esters is 1. The van der Waals surface area contributed by atoms with E-state index in [4.69, 9.17) is 21.1 Å². The maximum Gasteiger partial charge on any atom is 0.311 e. The van der Waals surface area contributed by atoms with Gasteiger partial charge < -0.3 is 19.7 Å². The van der Waals surface area contributed by atoms with Crippen LogP contribution in [0.25, 0.3) is 0 Å². The number of nitro benzene ring substituents is 1. The third-order valence-corrected chi connectivity index (χ3v) is 4.85. The van der Waals surface area contributed by atoms with Crippen LogP contribution < -0.4 is 15.0 Å². The SMILES string of the molecule is COc1cc([N+](=O)[O-])ccc1N1C[C@@H](C(=O)OCC(=O)Nc2ccc(Cl)cc2)CC1=O. The minimum atomic E-state index is -0.782. The molecule has 31 heavy (non-hydrogen) atoms. The van der Waals surface area contributed by atoms with Gasteiger partial charge in [0, 0.05) is 29.7 Å². The molecule has 0 bridgehead atoms. The number of nitro groups is 1. The van der Waals surface area contributed by atoms with Gasteiger partial charge in [0.1, 0.15) is 5.75 Å². The number of hydrogen-bond acceptors (Lipinski definition) is 7. The van der Waals surface area contributed by atoms with E-state index in [0.29, 0.717) is 16.4 Å². The minimum absolute atomic E-state index is 0.00460. The highest BCUT2D eigenvalue weighted by atomic mass is 35.5. The number of methoxy groups -OCH3 is 1. The molecule has 0 unspecified atom stereocenters. The molecule has 2 aromatic rings. The molecule has 1 N–H and O–H groups in total. The number of nitrogens with one attached hydrogen (secondary N) is 1. The van der Waals surface area contributed by atoms with Crippen molar-refractivity contribution in [3.05, 3.63) is 57.6 Å². The van der Waals surface area contributed by atoms with Crippen LogP contribution in [0.5, 0.6) is 5.75 Å². The summed E-state index contributed by atoms with van der Waals surface area (Å²) in [4.78, 5) is 48.4. The molecule has 0 saturated carbocycles. The number of benzene rings is 2. The first kappa shape index (κ1) is 22.0. The molecule has 1 atom stereocenters. The van der Waals surface area contributed by atoms with E-state index >= 15 is 0 Å². The average Bonchev–Trinajstić information content (AvgIpc) is 3.14. The number of ether oxygens (including phenoxy) is 2. The molecule has 11 heteroatoms. The zero-order valence-electron chi connectivity index (χ0n) is 16.4. The van der Waals surface area contributed by atoms with Crippen LogP contribution >= 0.6 is 11.6 Å². The molecule has 0 aliphatic carbocycles. The number of hydrogen-bond donors (Lipinski definition) is 1. The lowest BCUT2D eigenvalue weighted by molar-refractivity contribution is -0.384. The Bertz CT molecular complexity index is 1030. The second-order valence-electron chi connectivity index (χ2n) is 6.68. The summed E-state index contributed by atoms with van der Waals surface area (Å²) in [5, 5.41) is 14.0. The largest absolute Gasteiger partial charge is 0.494 e. The number of nitrogens with zero attached hydrogens (tertiary/aromatic N) is 2. The lowest BCUT2D eigenvalue weighted by Gasteiger charge is -2.19. The Hall–Kier alpha value is -3.66. The van der Waals surface area contributed by atoms with E-state index in [1.807, 2.05) is 0 Å². The fraction of sp³-hybridized carbons (Fsp3) is 0.250. The van der Waals surface area contributed by atoms with Crippen LogP contribution in [0.15, 0.2) is 42.5 Å². The van der Waals surface area contributed by atoms with Crippen LogP contribution in [0.3, 0.4) is 0 Å². The van der Waals surface area contributed by atoms with Crippen LogP contribution in [0.1, 0.15) is 6.42 Å². The van der Waals surface area contributed by atoms with Gasteiger partial charge in [-0.05, 0) is 30.3 Å². The van der Waals surface area contributed by atoms with Crippen molar-refractivity contribution >= 4 is 46.4 Å². The third kappa shape index (κ3) is 5.28. The Kier molecular flexibility index (Phi) is 6.71. The number of anilines is 2. The van der Waals surface area contributed by atoms with Gasteiger partial charge in [-0.3, -0.25) is 24.5 Å². The molecule has 162 valence electrons. The molecule has 0 aromatic heterocycles. The normalized spacial score (nSPS) is 15.5. The molecular formula is C20H18ClN3O7. The summed E-state index contributed by atoms with van der Waals surface area (Å²) in [5.41, 5.74) is 0.627. The first-order valence-electron chi connectivity index (χ1n) is 9.13. The fourth-order valence-electron chi connectivity index (χ4n) is 3.09. The fourth-order valence-corrected chi connectivity index (χ4v) is 3.21. The van der Waals surface area contributed by atoms with Gasteiger partial charge >= 0.3 is 5.97 Å². The first-order chi connectivity index (χ1) is 14.8. The highest BCUT2D eigenvalue weighted by molar-refractivity contribution is 6.30. The monoisotopic (exact) mass is 447 g/mol. The van der Waals surface area contributed by atoms with Crippen molar-refractivity contribution in [2.45, 2.75) is 6.42 Å². The van der Waals surface area contributed by atoms with Crippen LogP contribution in [0.2, 0.25) is 5.02 Å². The van der Waals surface area contributed by atoms with Crippen molar-refractivity contribution in [1.29, 1.82) is 0 Å².